The number of methoxy groups -OCH3 is 2. The summed E-state index contributed by atoms with van der Waals surface area (Å²) in [4.78, 5) is 50.1. The van der Waals surface area contributed by atoms with Crippen molar-refractivity contribution < 1.29 is 56.6 Å². The molecule has 4 unspecified atom stereocenters. The Labute approximate surface area is 318 Å². The van der Waals surface area contributed by atoms with Crippen LogP contribution in [0.15, 0.2) is 36.4 Å². The van der Waals surface area contributed by atoms with Gasteiger partial charge < -0.3 is 37.4 Å². The van der Waals surface area contributed by atoms with Gasteiger partial charge in [0, 0.05) is 76.3 Å². The lowest BCUT2D eigenvalue weighted by Gasteiger charge is -2.47. The van der Waals surface area contributed by atoms with Gasteiger partial charge >= 0.3 is 23.9 Å². The van der Waals surface area contributed by atoms with E-state index in [1.165, 1.54) is 13.8 Å². The van der Waals surface area contributed by atoms with Crippen LogP contribution in [-0.4, -0.2) is 97.5 Å². The molecule has 7 rings (SSSR count). The molecule has 4 bridgehead atoms. The first kappa shape index (κ1) is 38.1. The van der Waals surface area contributed by atoms with Gasteiger partial charge in [0.2, 0.25) is 0 Å². The van der Waals surface area contributed by atoms with Gasteiger partial charge in [0.15, 0.2) is 23.0 Å². The maximum Gasteiger partial charge on any atom is 0.310 e. The minimum absolute atomic E-state index is 0.151. The largest absolute Gasteiger partial charge is 0.493 e. The van der Waals surface area contributed by atoms with Crippen molar-refractivity contribution in [1.29, 1.82) is 0 Å². The molecule has 2 aromatic carbocycles. The standard InChI is InChI=1S/C42H56N2O10/c1-25(45)51-37-15-7-27(17-39(37)49-5)23-43(3)29-9-10-30(43)20-33(19-29)53-41(47)35-13-14-36(35)42(48)54-34-21-31-11-12-32(22-34)44(31,4)24-28-8-16-38(52-26(2)46)40(18-28)50-6/h7-8,15-18,29-36H,9-14,19-24H2,1-6H3/q+2/t29-,30+,31-,32+,33+,34+,35?,36?,43?,44?. The molecule has 2 aromatic rings. The van der Waals surface area contributed by atoms with Gasteiger partial charge in [0.1, 0.15) is 25.3 Å². The second-order valence-electron chi connectivity index (χ2n) is 16.8. The molecule has 1 aliphatic carbocycles. The number of carbonyl (C=O) groups excluding carboxylic acids is 4. The monoisotopic (exact) mass is 748 g/mol. The van der Waals surface area contributed by atoms with Gasteiger partial charge in [-0.05, 0) is 49.2 Å². The van der Waals surface area contributed by atoms with E-state index in [0.29, 0.717) is 60.0 Å². The Morgan fingerprint density at radius 2 is 0.907 bits per heavy atom. The predicted octanol–water partition coefficient (Wildman–Crippen LogP) is 5.65. The minimum Gasteiger partial charge on any atom is -0.493 e. The van der Waals surface area contributed by atoms with Crippen molar-refractivity contribution in [2.45, 2.75) is 128 Å². The number of fused-ring (bicyclic) bond motifs is 4. The van der Waals surface area contributed by atoms with Crippen molar-refractivity contribution >= 4 is 23.9 Å². The van der Waals surface area contributed by atoms with E-state index in [4.69, 9.17) is 28.4 Å². The normalized spacial score (nSPS) is 33.6. The average Bonchev–Trinajstić information content (AvgIpc) is 3.32. The van der Waals surface area contributed by atoms with Crippen molar-refractivity contribution in [3.05, 3.63) is 47.5 Å². The molecule has 5 fully saturated rings. The zero-order valence-electron chi connectivity index (χ0n) is 32.5. The second-order valence-corrected chi connectivity index (χ2v) is 16.8. The Hall–Kier alpha value is -4.16. The molecule has 10 atom stereocenters. The fourth-order valence-corrected chi connectivity index (χ4v) is 10.5. The number of nitrogens with zero attached hydrogens (tertiary/aromatic N) is 2. The van der Waals surface area contributed by atoms with Crippen LogP contribution in [0, 0.1) is 11.8 Å². The molecule has 4 heterocycles. The molecule has 0 amide bonds. The van der Waals surface area contributed by atoms with Crippen LogP contribution in [0.25, 0.3) is 0 Å². The van der Waals surface area contributed by atoms with E-state index in [0.717, 1.165) is 84.5 Å². The van der Waals surface area contributed by atoms with E-state index < -0.39 is 11.8 Å². The third kappa shape index (κ3) is 7.43. The first-order chi connectivity index (χ1) is 25.8. The Balaban J connectivity index is 0.909. The van der Waals surface area contributed by atoms with Crippen LogP contribution in [0.2, 0.25) is 0 Å². The summed E-state index contributed by atoms with van der Waals surface area (Å²) in [6.07, 6.45) is 8.52. The molecule has 0 radical (unpaired) electrons. The Kier molecular flexibility index (Phi) is 10.7. The number of quaternary nitrogens is 2. The van der Waals surface area contributed by atoms with Crippen LogP contribution in [-0.2, 0) is 41.7 Å². The third-order valence-electron chi connectivity index (χ3n) is 13.6. The highest BCUT2D eigenvalue weighted by Gasteiger charge is 2.55. The van der Waals surface area contributed by atoms with Crippen LogP contribution in [0.3, 0.4) is 0 Å². The van der Waals surface area contributed by atoms with Gasteiger partial charge in [-0.3, -0.25) is 19.2 Å². The molecule has 12 nitrogen and oxygen atoms in total. The number of carbonyl (C=O) groups is 4. The molecule has 4 saturated heterocycles. The maximum atomic E-state index is 13.5. The van der Waals surface area contributed by atoms with E-state index >= 15 is 0 Å². The summed E-state index contributed by atoms with van der Waals surface area (Å²) in [7, 11) is 7.74. The number of ether oxygens (including phenoxy) is 6. The Bertz CT molecular complexity index is 1620. The van der Waals surface area contributed by atoms with Crippen LogP contribution in [0.5, 0.6) is 23.0 Å². The molecule has 0 aromatic heterocycles. The summed E-state index contributed by atoms with van der Waals surface area (Å²) in [6, 6.07) is 12.9. The van der Waals surface area contributed by atoms with E-state index in [9.17, 15) is 19.2 Å². The summed E-state index contributed by atoms with van der Waals surface area (Å²) >= 11 is 0. The summed E-state index contributed by atoms with van der Waals surface area (Å²) < 4.78 is 35.8. The second kappa shape index (κ2) is 15.2. The summed E-state index contributed by atoms with van der Waals surface area (Å²) in [5.74, 6) is -0.257. The number of benzene rings is 2. The fourth-order valence-electron chi connectivity index (χ4n) is 10.5. The lowest BCUT2D eigenvalue weighted by Crippen LogP contribution is -2.58. The molecule has 0 N–H and O–H groups in total. The molecule has 4 aliphatic heterocycles. The molecular formula is C42H56N2O10+2. The van der Waals surface area contributed by atoms with Crippen LogP contribution in [0.4, 0.5) is 0 Å². The zero-order chi connectivity index (χ0) is 38.4. The number of piperidine rings is 2. The van der Waals surface area contributed by atoms with Crippen LogP contribution >= 0.6 is 0 Å². The van der Waals surface area contributed by atoms with E-state index in [2.05, 4.69) is 14.1 Å². The van der Waals surface area contributed by atoms with Crippen molar-refractivity contribution in [2.75, 3.05) is 28.3 Å². The Morgan fingerprint density at radius 1 is 0.556 bits per heavy atom. The van der Waals surface area contributed by atoms with Gasteiger partial charge in [0.25, 0.3) is 0 Å². The van der Waals surface area contributed by atoms with Crippen molar-refractivity contribution in [3.63, 3.8) is 0 Å². The minimum atomic E-state index is -0.438. The van der Waals surface area contributed by atoms with E-state index in [1.54, 1.807) is 26.4 Å². The van der Waals surface area contributed by atoms with E-state index in [1.807, 2.05) is 24.3 Å². The number of hydrogen-bond acceptors (Lipinski definition) is 10. The fraction of sp³-hybridized carbons (Fsp3) is 0.619. The molecule has 12 heteroatoms. The van der Waals surface area contributed by atoms with Gasteiger partial charge in [-0.25, -0.2) is 0 Å². The lowest BCUT2D eigenvalue weighted by atomic mass is 9.73. The number of rotatable bonds is 12. The molecule has 0 spiro atoms. The molecule has 292 valence electrons. The lowest BCUT2D eigenvalue weighted by molar-refractivity contribution is -0.961. The predicted molar refractivity (Wildman–Crippen MR) is 196 cm³/mol. The van der Waals surface area contributed by atoms with Crippen molar-refractivity contribution in [1.82, 2.24) is 0 Å². The summed E-state index contributed by atoms with van der Waals surface area (Å²) in [6.45, 7) is 4.37. The van der Waals surface area contributed by atoms with E-state index in [-0.39, 0.29) is 36.1 Å². The average molecular weight is 749 g/mol. The van der Waals surface area contributed by atoms with Crippen LogP contribution in [0.1, 0.15) is 89.2 Å². The maximum absolute atomic E-state index is 13.5. The van der Waals surface area contributed by atoms with Crippen molar-refractivity contribution in [2.24, 2.45) is 11.8 Å². The molecule has 1 saturated carbocycles. The number of hydrogen-bond donors (Lipinski definition) is 0. The highest BCUT2D eigenvalue weighted by Crippen LogP contribution is 2.47. The van der Waals surface area contributed by atoms with Gasteiger partial charge in [-0.15, -0.1) is 0 Å². The van der Waals surface area contributed by atoms with Gasteiger partial charge in [0.05, 0.1) is 64.3 Å². The SMILES string of the molecule is COc1cc(C[N+]2(C)[C@@H]3CC[C@H]2C[C@@H](OC(=O)C2CCC2C(=O)O[C@H]2C[C@H]4CC[C@@H](C2)[N+]4(C)Cc2ccc(OC(C)=O)c(OC)c2)C3)ccc1OC(C)=O. The van der Waals surface area contributed by atoms with Gasteiger partial charge in [-0.2, -0.15) is 0 Å². The highest BCUT2D eigenvalue weighted by molar-refractivity contribution is 5.84. The quantitative estimate of drug-likeness (QED) is 0.153. The smallest absolute Gasteiger partial charge is 0.310 e. The number of esters is 4. The van der Waals surface area contributed by atoms with Crippen LogP contribution < -0.4 is 18.9 Å². The highest BCUT2D eigenvalue weighted by atomic mass is 16.6. The Morgan fingerprint density at radius 3 is 1.20 bits per heavy atom. The summed E-state index contributed by atoms with van der Waals surface area (Å²) in [5, 5.41) is 0. The van der Waals surface area contributed by atoms with Gasteiger partial charge in [-0.1, -0.05) is 0 Å². The first-order valence-corrected chi connectivity index (χ1v) is 19.6. The zero-order valence-corrected chi connectivity index (χ0v) is 32.5. The van der Waals surface area contributed by atoms with Crippen molar-refractivity contribution in [3.8, 4) is 23.0 Å². The molecule has 54 heavy (non-hydrogen) atoms. The summed E-state index contributed by atoms with van der Waals surface area (Å²) in [5.41, 5.74) is 2.21. The first-order valence-electron chi connectivity index (χ1n) is 19.6. The molecule has 5 aliphatic rings. The topological polar surface area (TPSA) is 124 Å². The third-order valence-corrected chi connectivity index (χ3v) is 13.6. The molecular weight excluding hydrogens is 692 g/mol.